The zero-order valence-corrected chi connectivity index (χ0v) is 9.28. The quantitative estimate of drug-likeness (QED) is 0.604. The van der Waals surface area contributed by atoms with E-state index in [1.807, 2.05) is 0 Å². The van der Waals surface area contributed by atoms with Crippen LogP contribution in [-0.2, 0) is 14.9 Å². The summed E-state index contributed by atoms with van der Waals surface area (Å²) < 4.78 is 35.9. The number of ether oxygens (including phenoxy) is 1. The first-order valence-corrected chi connectivity index (χ1v) is 5.75. The van der Waals surface area contributed by atoms with E-state index in [-0.39, 0.29) is 11.1 Å². The third-order valence-electron chi connectivity index (χ3n) is 1.88. The maximum Gasteiger partial charge on any atom is 0.296 e. The van der Waals surface area contributed by atoms with Crippen LogP contribution in [0.25, 0.3) is 0 Å². The van der Waals surface area contributed by atoms with Crippen LogP contribution in [0.3, 0.4) is 0 Å². The van der Waals surface area contributed by atoms with Gasteiger partial charge in [0.15, 0.2) is 0 Å². The van der Waals surface area contributed by atoms with Gasteiger partial charge in [-0.15, -0.1) is 0 Å². The van der Waals surface area contributed by atoms with Gasteiger partial charge in [-0.2, -0.15) is 8.42 Å². The summed E-state index contributed by atoms with van der Waals surface area (Å²) >= 11 is 0. The molecule has 0 amide bonds. The number of methoxy groups -OCH3 is 1. The lowest BCUT2D eigenvalue weighted by atomic mass is 10.3. The summed E-state index contributed by atoms with van der Waals surface area (Å²) in [5, 5.41) is 2.81. The van der Waals surface area contributed by atoms with Crippen molar-refractivity contribution in [1.82, 2.24) is 0 Å². The van der Waals surface area contributed by atoms with Gasteiger partial charge in [-0.05, 0) is 19.1 Å². The molecule has 1 aromatic rings. The van der Waals surface area contributed by atoms with Crippen LogP contribution in [-0.4, -0.2) is 26.3 Å². The molecule has 0 fully saturated rings. The highest BCUT2D eigenvalue weighted by atomic mass is 32.2. The monoisotopic (exact) mass is 231 g/mol. The fourth-order valence-corrected chi connectivity index (χ4v) is 1.74. The van der Waals surface area contributed by atoms with Gasteiger partial charge in [0.25, 0.3) is 10.1 Å². The first kappa shape index (κ1) is 12.0. The Hall–Kier alpha value is -1.11. The molecule has 84 valence electrons. The van der Waals surface area contributed by atoms with E-state index in [1.165, 1.54) is 19.2 Å². The Bertz CT molecular complexity index is 429. The lowest BCUT2D eigenvalue weighted by Gasteiger charge is -2.15. The maximum atomic E-state index is 11.0. The predicted molar refractivity (Wildman–Crippen MR) is 56.4 cm³/mol. The molecule has 0 aliphatic heterocycles. The molecular formula is C9H13NO4S. The largest absolute Gasteiger partial charge is 0.362 e. The first-order chi connectivity index (χ1) is 6.95. The van der Waals surface area contributed by atoms with Crippen LogP contribution in [0.2, 0.25) is 0 Å². The van der Waals surface area contributed by atoms with Crippen LogP contribution in [0.1, 0.15) is 6.92 Å². The van der Waals surface area contributed by atoms with Gasteiger partial charge in [-0.3, -0.25) is 4.55 Å². The number of para-hydroxylation sites is 1. The molecule has 1 rings (SSSR count). The normalized spacial score (nSPS) is 13.5. The molecule has 0 saturated carbocycles. The van der Waals surface area contributed by atoms with Crippen LogP contribution in [0.4, 0.5) is 5.69 Å². The van der Waals surface area contributed by atoms with E-state index in [9.17, 15) is 8.42 Å². The fourth-order valence-electron chi connectivity index (χ4n) is 1.09. The Balaban J connectivity index is 3.08. The summed E-state index contributed by atoms with van der Waals surface area (Å²) in [5.74, 6) is 0. The van der Waals surface area contributed by atoms with Crippen LogP contribution < -0.4 is 5.32 Å². The van der Waals surface area contributed by atoms with Crippen molar-refractivity contribution < 1.29 is 17.7 Å². The second-order valence-corrected chi connectivity index (χ2v) is 4.38. The van der Waals surface area contributed by atoms with E-state index >= 15 is 0 Å². The van der Waals surface area contributed by atoms with Crippen LogP contribution in [0.15, 0.2) is 29.2 Å². The predicted octanol–water partition coefficient (Wildman–Crippen LogP) is 1.34. The van der Waals surface area contributed by atoms with E-state index in [1.54, 1.807) is 19.1 Å². The molecule has 1 aromatic carbocycles. The van der Waals surface area contributed by atoms with Crippen molar-refractivity contribution in [3.63, 3.8) is 0 Å². The van der Waals surface area contributed by atoms with Crippen LogP contribution >= 0.6 is 0 Å². The van der Waals surface area contributed by atoms with Crippen molar-refractivity contribution in [2.75, 3.05) is 12.4 Å². The molecule has 0 spiro atoms. The maximum absolute atomic E-state index is 11.0. The van der Waals surface area contributed by atoms with Crippen molar-refractivity contribution in [3.8, 4) is 0 Å². The van der Waals surface area contributed by atoms with Crippen molar-refractivity contribution in [2.24, 2.45) is 0 Å². The summed E-state index contributed by atoms with van der Waals surface area (Å²) in [6.07, 6.45) is -0.340. The van der Waals surface area contributed by atoms with Gasteiger partial charge in [0, 0.05) is 7.11 Å². The molecule has 15 heavy (non-hydrogen) atoms. The average molecular weight is 231 g/mol. The molecular weight excluding hydrogens is 218 g/mol. The van der Waals surface area contributed by atoms with E-state index in [0.717, 1.165) is 0 Å². The van der Waals surface area contributed by atoms with E-state index in [2.05, 4.69) is 5.32 Å². The van der Waals surface area contributed by atoms with Crippen molar-refractivity contribution in [3.05, 3.63) is 24.3 Å². The zero-order chi connectivity index (χ0) is 11.5. The summed E-state index contributed by atoms with van der Waals surface area (Å²) in [6, 6.07) is 6.07. The standard InChI is InChI=1S/C9H13NO4S/c1-7(14-2)10-8-5-3-4-6-9(8)15(11,12)13/h3-7,10H,1-2H3,(H,11,12,13). The number of hydrogen-bond acceptors (Lipinski definition) is 4. The Morgan fingerprint density at radius 3 is 2.53 bits per heavy atom. The highest BCUT2D eigenvalue weighted by molar-refractivity contribution is 7.86. The van der Waals surface area contributed by atoms with E-state index < -0.39 is 10.1 Å². The Morgan fingerprint density at radius 1 is 1.40 bits per heavy atom. The summed E-state index contributed by atoms with van der Waals surface area (Å²) in [6.45, 7) is 1.72. The lowest BCUT2D eigenvalue weighted by Crippen LogP contribution is -2.18. The summed E-state index contributed by atoms with van der Waals surface area (Å²) in [7, 11) is -2.71. The Morgan fingerprint density at radius 2 is 2.00 bits per heavy atom. The molecule has 2 N–H and O–H groups in total. The van der Waals surface area contributed by atoms with Gasteiger partial charge >= 0.3 is 0 Å². The second-order valence-electron chi connectivity index (χ2n) is 2.99. The highest BCUT2D eigenvalue weighted by Crippen LogP contribution is 2.20. The van der Waals surface area contributed by atoms with Gasteiger partial charge in [-0.1, -0.05) is 12.1 Å². The van der Waals surface area contributed by atoms with E-state index in [4.69, 9.17) is 9.29 Å². The van der Waals surface area contributed by atoms with Crippen molar-refractivity contribution in [1.29, 1.82) is 0 Å². The molecule has 0 bridgehead atoms. The third-order valence-corrected chi connectivity index (χ3v) is 2.79. The molecule has 0 aliphatic rings. The van der Waals surface area contributed by atoms with Gasteiger partial charge in [0.05, 0.1) is 5.69 Å². The molecule has 5 nitrogen and oxygen atoms in total. The first-order valence-electron chi connectivity index (χ1n) is 4.31. The number of hydrogen-bond donors (Lipinski definition) is 2. The summed E-state index contributed by atoms with van der Waals surface area (Å²) in [5.41, 5.74) is 0.314. The minimum Gasteiger partial charge on any atom is -0.362 e. The smallest absolute Gasteiger partial charge is 0.296 e. The number of anilines is 1. The lowest BCUT2D eigenvalue weighted by molar-refractivity contribution is 0.141. The molecule has 0 aliphatic carbocycles. The van der Waals surface area contributed by atoms with Crippen molar-refractivity contribution in [2.45, 2.75) is 18.0 Å². The molecule has 1 unspecified atom stereocenters. The van der Waals surface area contributed by atoms with Gasteiger partial charge in [-0.25, -0.2) is 0 Å². The average Bonchev–Trinajstić information content (AvgIpc) is 2.17. The number of benzene rings is 1. The summed E-state index contributed by atoms with van der Waals surface area (Å²) in [4.78, 5) is -0.158. The number of nitrogens with one attached hydrogen (secondary N) is 1. The fraction of sp³-hybridized carbons (Fsp3) is 0.333. The zero-order valence-electron chi connectivity index (χ0n) is 8.47. The molecule has 0 heterocycles. The molecule has 6 heteroatoms. The molecule has 0 radical (unpaired) electrons. The SMILES string of the molecule is COC(C)Nc1ccccc1S(=O)(=O)O. The van der Waals surface area contributed by atoms with E-state index in [0.29, 0.717) is 5.69 Å². The number of rotatable bonds is 4. The van der Waals surface area contributed by atoms with Crippen LogP contribution in [0.5, 0.6) is 0 Å². The second kappa shape index (κ2) is 4.61. The third kappa shape index (κ3) is 3.19. The van der Waals surface area contributed by atoms with Crippen LogP contribution in [0, 0.1) is 0 Å². The van der Waals surface area contributed by atoms with Gasteiger partial charge in [0.1, 0.15) is 11.1 Å². The van der Waals surface area contributed by atoms with Crippen molar-refractivity contribution >= 4 is 15.8 Å². The van der Waals surface area contributed by atoms with Gasteiger partial charge in [0.2, 0.25) is 0 Å². The molecule has 0 aromatic heterocycles. The Labute approximate surface area is 88.8 Å². The minimum atomic E-state index is -4.21. The topological polar surface area (TPSA) is 75.6 Å². The Kier molecular flexibility index (Phi) is 3.67. The highest BCUT2D eigenvalue weighted by Gasteiger charge is 2.15. The van der Waals surface area contributed by atoms with Gasteiger partial charge < -0.3 is 10.1 Å². The molecule has 0 saturated heterocycles. The molecule has 1 atom stereocenters. The minimum absolute atomic E-state index is 0.158.